The quantitative estimate of drug-likeness (QED) is 0.472. The summed E-state index contributed by atoms with van der Waals surface area (Å²) in [5.74, 6) is -0.241. The Morgan fingerprint density at radius 3 is 1.20 bits per heavy atom. The summed E-state index contributed by atoms with van der Waals surface area (Å²) in [6.07, 6.45) is 5.01. The van der Waals surface area contributed by atoms with Gasteiger partial charge in [-0.3, -0.25) is 9.59 Å². The topological polar surface area (TPSA) is 34.1 Å². The number of carbonyl (C=O) groups excluding carboxylic acids is 2. The van der Waals surface area contributed by atoms with Gasteiger partial charge in [-0.1, -0.05) is 13.8 Å². The van der Waals surface area contributed by atoms with E-state index in [9.17, 15) is 9.59 Å². The molecule has 0 spiro atoms. The molecule has 0 radical (unpaired) electrons. The fourth-order valence-corrected chi connectivity index (χ4v) is 0.440. The van der Waals surface area contributed by atoms with Gasteiger partial charge in [0, 0.05) is 0 Å². The van der Waals surface area contributed by atoms with Crippen LogP contribution in [0.3, 0.4) is 0 Å². The zero-order chi connectivity index (χ0) is 7.98. The second-order valence-corrected chi connectivity index (χ2v) is 1.47. The van der Waals surface area contributed by atoms with Crippen molar-refractivity contribution in [2.45, 2.75) is 13.8 Å². The van der Waals surface area contributed by atoms with Crippen molar-refractivity contribution in [1.82, 2.24) is 0 Å². The lowest BCUT2D eigenvalue weighted by atomic mass is 10.2. The average molecular weight is 138 g/mol. The molecule has 0 fully saturated rings. The summed E-state index contributed by atoms with van der Waals surface area (Å²) in [7, 11) is 0. The van der Waals surface area contributed by atoms with Crippen molar-refractivity contribution in [2.75, 3.05) is 0 Å². The molecular formula is C8H10O2. The van der Waals surface area contributed by atoms with Crippen molar-refractivity contribution >= 4 is 11.6 Å². The first-order chi connectivity index (χ1) is 4.79. The SMILES string of the molecule is CC.O=C1C=CC(=O)C=C1. The first kappa shape index (κ1) is 8.82. The van der Waals surface area contributed by atoms with Gasteiger partial charge in [0.05, 0.1) is 0 Å². The molecule has 10 heavy (non-hydrogen) atoms. The molecule has 54 valence electrons. The Hall–Kier alpha value is -1.18. The van der Waals surface area contributed by atoms with E-state index in [0.717, 1.165) is 0 Å². The van der Waals surface area contributed by atoms with Crippen LogP contribution in [0.4, 0.5) is 0 Å². The monoisotopic (exact) mass is 138 g/mol. The van der Waals surface area contributed by atoms with Crippen molar-refractivity contribution in [3.63, 3.8) is 0 Å². The van der Waals surface area contributed by atoms with Crippen LogP contribution in [-0.4, -0.2) is 11.6 Å². The van der Waals surface area contributed by atoms with Gasteiger partial charge in [-0.25, -0.2) is 0 Å². The molecule has 0 bridgehead atoms. The van der Waals surface area contributed by atoms with E-state index in [-0.39, 0.29) is 11.6 Å². The second-order valence-electron chi connectivity index (χ2n) is 1.47. The molecule has 0 N–H and O–H groups in total. The molecular weight excluding hydrogens is 128 g/mol. The minimum Gasteiger partial charge on any atom is -0.290 e. The fraction of sp³-hybridized carbons (Fsp3) is 0.250. The number of ketones is 2. The number of hydrogen-bond acceptors (Lipinski definition) is 2. The lowest BCUT2D eigenvalue weighted by Crippen LogP contribution is -1.97. The minimum absolute atomic E-state index is 0.121. The zero-order valence-corrected chi connectivity index (χ0v) is 6.13. The average Bonchev–Trinajstić information content (AvgIpc) is 2.00. The molecule has 0 amide bonds. The highest BCUT2D eigenvalue weighted by molar-refractivity contribution is 6.14. The Labute approximate surface area is 60.2 Å². The van der Waals surface area contributed by atoms with Crippen LogP contribution in [0.15, 0.2) is 24.3 Å². The van der Waals surface area contributed by atoms with Crippen LogP contribution in [0, 0.1) is 0 Å². The maximum atomic E-state index is 10.3. The van der Waals surface area contributed by atoms with Crippen molar-refractivity contribution in [3.05, 3.63) is 24.3 Å². The lowest BCUT2D eigenvalue weighted by Gasteiger charge is -1.87. The molecule has 0 saturated heterocycles. The molecule has 2 heteroatoms. The van der Waals surface area contributed by atoms with Crippen LogP contribution in [0.2, 0.25) is 0 Å². The largest absolute Gasteiger partial charge is 0.290 e. The minimum atomic E-state index is -0.121. The summed E-state index contributed by atoms with van der Waals surface area (Å²) in [5, 5.41) is 0. The van der Waals surface area contributed by atoms with Crippen LogP contribution in [-0.2, 0) is 9.59 Å². The van der Waals surface area contributed by atoms with E-state index in [4.69, 9.17) is 0 Å². The van der Waals surface area contributed by atoms with Crippen LogP contribution in [0.1, 0.15) is 13.8 Å². The highest BCUT2D eigenvalue weighted by atomic mass is 16.1. The molecule has 0 aromatic rings. The maximum Gasteiger partial charge on any atom is 0.178 e. The lowest BCUT2D eigenvalue weighted by molar-refractivity contribution is -0.113. The first-order valence-corrected chi connectivity index (χ1v) is 3.23. The van der Waals surface area contributed by atoms with Crippen LogP contribution < -0.4 is 0 Å². The van der Waals surface area contributed by atoms with Gasteiger partial charge in [-0.2, -0.15) is 0 Å². The molecule has 2 nitrogen and oxygen atoms in total. The van der Waals surface area contributed by atoms with Gasteiger partial charge < -0.3 is 0 Å². The van der Waals surface area contributed by atoms with E-state index in [2.05, 4.69) is 0 Å². The van der Waals surface area contributed by atoms with E-state index in [1.165, 1.54) is 24.3 Å². The van der Waals surface area contributed by atoms with Crippen molar-refractivity contribution < 1.29 is 9.59 Å². The van der Waals surface area contributed by atoms with Crippen molar-refractivity contribution in [2.24, 2.45) is 0 Å². The third-order valence-corrected chi connectivity index (χ3v) is 0.824. The van der Waals surface area contributed by atoms with Gasteiger partial charge in [0.2, 0.25) is 0 Å². The Balaban J connectivity index is 0.000000371. The van der Waals surface area contributed by atoms with Gasteiger partial charge in [-0.05, 0) is 24.3 Å². The predicted octanol–water partition coefficient (Wildman–Crippen LogP) is 1.28. The molecule has 0 heterocycles. The highest BCUT2D eigenvalue weighted by Crippen LogP contribution is 1.90. The molecule has 1 rings (SSSR count). The smallest absolute Gasteiger partial charge is 0.178 e. The third-order valence-electron chi connectivity index (χ3n) is 0.824. The number of hydrogen-bond donors (Lipinski definition) is 0. The number of allylic oxidation sites excluding steroid dienone is 4. The van der Waals surface area contributed by atoms with Crippen molar-refractivity contribution in [1.29, 1.82) is 0 Å². The molecule has 0 atom stereocenters. The normalized spacial score (nSPS) is 14.6. The van der Waals surface area contributed by atoms with Gasteiger partial charge in [0.25, 0.3) is 0 Å². The summed E-state index contributed by atoms with van der Waals surface area (Å²) in [6, 6.07) is 0. The van der Waals surface area contributed by atoms with Crippen molar-refractivity contribution in [3.8, 4) is 0 Å². The summed E-state index contributed by atoms with van der Waals surface area (Å²) < 4.78 is 0. The molecule has 1 aliphatic rings. The fourth-order valence-electron chi connectivity index (χ4n) is 0.440. The predicted molar refractivity (Wildman–Crippen MR) is 39.6 cm³/mol. The van der Waals surface area contributed by atoms with E-state index in [1.807, 2.05) is 13.8 Å². The molecule has 0 unspecified atom stereocenters. The van der Waals surface area contributed by atoms with Gasteiger partial charge >= 0.3 is 0 Å². The molecule has 1 aliphatic carbocycles. The number of rotatable bonds is 0. The van der Waals surface area contributed by atoms with E-state index >= 15 is 0 Å². The van der Waals surface area contributed by atoms with Gasteiger partial charge in [-0.15, -0.1) is 0 Å². The summed E-state index contributed by atoms with van der Waals surface area (Å²) in [5.41, 5.74) is 0. The second kappa shape index (κ2) is 4.68. The standard InChI is InChI=1S/C6H4O2.C2H6/c7-5-1-2-6(8)4-3-5;1-2/h1-4H;1-2H3. The molecule has 0 aliphatic heterocycles. The van der Waals surface area contributed by atoms with Gasteiger partial charge in [0.15, 0.2) is 11.6 Å². The summed E-state index contributed by atoms with van der Waals surface area (Å²) >= 11 is 0. The van der Waals surface area contributed by atoms with E-state index in [0.29, 0.717) is 0 Å². The van der Waals surface area contributed by atoms with Gasteiger partial charge in [0.1, 0.15) is 0 Å². The maximum absolute atomic E-state index is 10.3. The Morgan fingerprint density at radius 1 is 0.800 bits per heavy atom. The summed E-state index contributed by atoms with van der Waals surface area (Å²) in [6.45, 7) is 4.00. The Bertz CT molecular complexity index is 149. The highest BCUT2D eigenvalue weighted by Gasteiger charge is 1.97. The van der Waals surface area contributed by atoms with E-state index < -0.39 is 0 Å². The van der Waals surface area contributed by atoms with Crippen LogP contribution in [0.25, 0.3) is 0 Å². The van der Waals surface area contributed by atoms with E-state index in [1.54, 1.807) is 0 Å². The number of carbonyl (C=O) groups is 2. The molecule has 0 saturated carbocycles. The summed E-state index contributed by atoms with van der Waals surface area (Å²) in [4.78, 5) is 20.6. The Kier molecular flexibility index (Phi) is 4.12. The Morgan fingerprint density at radius 2 is 1.00 bits per heavy atom. The zero-order valence-electron chi connectivity index (χ0n) is 6.13. The third kappa shape index (κ3) is 2.97. The van der Waals surface area contributed by atoms with Crippen LogP contribution in [0.5, 0.6) is 0 Å². The van der Waals surface area contributed by atoms with Crippen LogP contribution >= 0.6 is 0 Å². The molecule has 0 aromatic heterocycles. The molecule has 0 aromatic carbocycles. The first-order valence-electron chi connectivity index (χ1n) is 3.23.